The number of piperazine rings is 1. The maximum absolute atomic E-state index is 12.6. The minimum atomic E-state index is -0.00716. The Hall–Kier alpha value is -2.14. The fraction of sp³-hybridized carbons (Fsp3) is 0.412. The van der Waals surface area contributed by atoms with Crippen molar-refractivity contribution in [2.75, 3.05) is 26.7 Å². The molecule has 1 unspecified atom stereocenters. The van der Waals surface area contributed by atoms with Gasteiger partial charge in [-0.15, -0.1) is 0 Å². The van der Waals surface area contributed by atoms with Crippen LogP contribution < -0.4 is 5.43 Å². The van der Waals surface area contributed by atoms with Gasteiger partial charge in [0.1, 0.15) is 6.54 Å². The Morgan fingerprint density at radius 3 is 2.77 bits per heavy atom. The van der Waals surface area contributed by atoms with Crippen LogP contribution in [0, 0.1) is 0 Å². The third-order valence-corrected chi connectivity index (χ3v) is 4.34. The Bertz CT molecular complexity index is 753. The highest BCUT2D eigenvalue weighted by atomic mass is 16.2. The highest BCUT2D eigenvalue weighted by molar-refractivity contribution is 5.82. The maximum atomic E-state index is 12.6. The molecule has 3 rings (SSSR count). The van der Waals surface area contributed by atoms with Gasteiger partial charge in [0.25, 0.3) is 0 Å². The number of nitrogens with zero attached hydrogens (tertiary/aromatic N) is 3. The topological polar surface area (TPSA) is 45.5 Å². The number of carbonyl (C=O) groups is 1. The highest BCUT2D eigenvalue weighted by Crippen LogP contribution is 2.12. The molecule has 0 bridgehead atoms. The van der Waals surface area contributed by atoms with Gasteiger partial charge in [-0.2, -0.15) is 0 Å². The van der Waals surface area contributed by atoms with Crippen LogP contribution in [0.1, 0.15) is 6.92 Å². The number of likely N-dealkylation sites (N-methyl/N-ethyl adjacent to an activating group) is 1. The Balaban J connectivity index is 1.86. The van der Waals surface area contributed by atoms with Crippen molar-refractivity contribution < 1.29 is 4.79 Å². The van der Waals surface area contributed by atoms with Gasteiger partial charge in [-0.05, 0) is 26.1 Å². The van der Waals surface area contributed by atoms with Crippen LogP contribution in [-0.2, 0) is 11.3 Å². The molecule has 0 N–H and O–H groups in total. The molecule has 1 fully saturated rings. The predicted octanol–water partition coefficient (Wildman–Crippen LogP) is 1.16. The van der Waals surface area contributed by atoms with Crippen LogP contribution in [0.4, 0.5) is 0 Å². The molecule has 2 heterocycles. The molecule has 5 nitrogen and oxygen atoms in total. The molecule has 1 amide bonds. The summed E-state index contributed by atoms with van der Waals surface area (Å²) in [7, 11) is 2.08. The molecule has 1 saturated heterocycles. The van der Waals surface area contributed by atoms with E-state index in [0.29, 0.717) is 5.39 Å². The fourth-order valence-electron chi connectivity index (χ4n) is 3.14. The first-order valence-corrected chi connectivity index (χ1v) is 7.62. The quantitative estimate of drug-likeness (QED) is 0.836. The summed E-state index contributed by atoms with van der Waals surface area (Å²) in [4.78, 5) is 28.7. The van der Waals surface area contributed by atoms with Crippen LogP contribution in [0.25, 0.3) is 10.9 Å². The average molecular weight is 299 g/mol. The first-order chi connectivity index (χ1) is 10.6. The molecule has 1 aromatic heterocycles. The molecule has 0 aliphatic carbocycles. The van der Waals surface area contributed by atoms with Gasteiger partial charge in [0.15, 0.2) is 5.43 Å². The molecular weight excluding hydrogens is 278 g/mol. The van der Waals surface area contributed by atoms with Gasteiger partial charge in [0, 0.05) is 43.3 Å². The molecule has 1 atom stereocenters. The third-order valence-electron chi connectivity index (χ3n) is 4.34. The summed E-state index contributed by atoms with van der Waals surface area (Å²) in [5.41, 5.74) is 0.803. The van der Waals surface area contributed by atoms with E-state index in [9.17, 15) is 9.59 Å². The van der Waals surface area contributed by atoms with Gasteiger partial charge >= 0.3 is 0 Å². The number of para-hydroxylation sites is 1. The van der Waals surface area contributed by atoms with Crippen LogP contribution in [0.3, 0.4) is 0 Å². The minimum absolute atomic E-state index is 0.00716. The number of hydrogen-bond acceptors (Lipinski definition) is 3. The minimum Gasteiger partial charge on any atom is -0.338 e. The second kappa shape index (κ2) is 5.93. The lowest BCUT2D eigenvalue weighted by atomic mass is 10.2. The van der Waals surface area contributed by atoms with E-state index in [0.717, 1.165) is 25.2 Å². The lowest BCUT2D eigenvalue weighted by Crippen LogP contribution is -2.53. The largest absolute Gasteiger partial charge is 0.338 e. The Morgan fingerprint density at radius 2 is 2.00 bits per heavy atom. The fourth-order valence-corrected chi connectivity index (χ4v) is 3.14. The second-order valence-electron chi connectivity index (χ2n) is 6.02. The number of pyridine rings is 1. The van der Waals surface area contributed by atoms with Gasteiger partial charge < -0.3 is 14.4 Å². The van der Waals surface area contributed by atoms with Gasteiger partial charge in [-0.1, -0.05) is 12.1 Å². The third kappa shape index (κ3) is 2.76. The zero-order chi connectivity index (χ0) is 15.7. The highest BCUT2D eigenvalue weighted by Gasteiger charge is 2.25. The van der Waals surface area contributed by atoms with Crippen LogP contribution in [0.15, 0.2) is 41.3 Å². The summed E-state index contributed by atoms with van der Waals surface area (Å²) in [6, 6.07) is 9.17. The number of amides is 1. The van der Waals surface area contributed by atoms with Crippen LogP contribution >= 0.6 is 0 Å². The summed E-state index contributed by atoms with van der Waals surface area (Å²) in [6.45, 7) is 4.91. The molecule has 0 saturated carbocycles. The van der Waals surface area contributed by atoms with Crippen LogP contribution in [-0.4, -0.2) is 53.0 Å². The van der Waals surface area contributed by atoms with Crippen molar-refractivity contribution in [1.29, 1.82) is 0 Å². The Kier molecular flexibility index (Phi) is 3.98. The number of fused-ring (bicyclic) bond motifs is 1. The normalized spacial score (nSPS) is 19.5. The lowest BCUT2D eigenvalue weighted by Gasteiger charge is -2.38. The van der Waals surface area contributed by atoms with Crippen molar-refractivity contribution >= 4 is 16.8 Å². The molecule has 0 radical (unpaired) electrons. The van der Waals surface area contributed by atoms with Crippen molar-refractivity contribution in [1.82, 2.24) is 14.4 Å². The summed E-state index contributed by atoms with van der Waals surface area (Å²) in [5, 5.41) is 0.657. The molecule has 1 aliphatic rings. The number of hydrogen-bond donors (Lipinski definition) is 0. The van der Waals surface area contributed by atoms with E-state index >= 15 is 0 Å². The summed E-state index contributed by atoms with van der Waals surface area (Å²) < 4.78 is 1.87. The van der Waals surface area contributed by atoms with Crippen LogP contribution in [0.5, 0.6) is 0 Å². The van der Waals surface area contributed by atoms with E-state index in [1.807, 2.05) is 27.7 Å². The zero-order valence-electron chi connectivity index (χ0n) is 13.0. The number of carbonyl (C=O) groups excluding carboxylic acids is 1. The Labute approximate surface area is 129 Å². The van der Waals surface area contributed by atoms with E-state index in [2.05, 4.69) is 18.9 Å². The number of benzene rings is 1. The summed E-state index contributed by atoms with van der Waals surface area (Å²) in [5.74, 6) is 0.106. The molecule has 116 valence electrons. The summed E-state index contributed by atoms with van der Waals surface area (Å²) >= 11 is 0. The second-order valence-corrected chi connectivity index (χ2v) is 6.02. The van der Waals surface area contributed by atoms with Crippen molar-refractivity contribution in [2.45, 2.75) is 19.5 Å². The number of aromatic nitrogens is 1. The molecule has 5 heteroatoms. The van der Waals surface area contributed by atoms with Crippen molar-refractivity contribution in [3.05, 3.63) is 46.8 Å². The molecular formula is C17H21N3O2. The van der Waals surface area contributed by atoms with Gasteiger partial charge in [0.05, 0.1) is 5.52 Å². The molecule has 2 aromatic rings. The SMILES string of the molecule is CC1CN(C)CCN1C(=O)Cn1ccc(=O)c2ccccc21. The van der Waals surface area contributed by atoms with Gasteiger partial charge in [0.2, 0.25) is 5.91 Å². The predicted molar refractivity (Wildman–Crippen MR) is 86.9 cm³/mol. The van der Waals surface area contributed by atoms with E-state index in [1.165, 1.54) is 6.07 Å². The van der Waals surface area contributed by atoms with E-state index in [-0.39, 0.29) is 23.9 Å². The first-order valence-electron chi connectivity index (χ1n) is 7.62. The van der Waals surface area contributed by atoms with Crippen molar-refractivity contribution in [2.24, 2.45) is 0 Å². The summed E-state index contributed by atoms with van der Waals surface area (Å²) in [6.07, 6.45) is 1.71. The van der Waals surface area contributed by atoms with E-state index in [4.69, 9.17) is 0 Å². The van der Waals surface area contributed by atoms with Crippen molar-refractivity contribution in [3.63, 3.8) is 0 Å². The molecule has 1 aromatic carbocycles. The lowest BCUT2D eigenvalue weighted by molar-refractivity contribution is -0.136. The molecule has 0 spiro atoms. The smallest absolute Gasteiger partial charge is 0.242 e. The molecule has 22 heavy (non-hydrogen) atoms. The van der Waals surface area contributed by atoms with Gasteiger partial charge in [-0.25, -0.2) is 0 Å². The van der Waals surface area contributed by atoms with E-state index in [1.54, 1.807) is 12.3 Å². The first kappa shape index (κ1) is 14.8. The monoisotopic (exact) mass is 299 g/mol. The van der Waals surface area contributed by atoms with Crippen LogP contribution in [0.2, 0.25) is 0 Å². The standard InChI is InChI=1S/C17H21N3O2/c1-13-11-18(2)9-10-20(13)17(22)12-19-8-7-16(21)14-5-3-4-6-15(14)19/h3-8,13H,9-12H2,1-2H3. The zero-order valence-corrected chi connectivity index (χ0v) is 13.0. The number of rotatable bonds is 2. The van der Waals surface area contributed by atoms with Gasteiger partial charge in [-0.3, -0.25) is 9.59 Å². The van der Waals surface area contributed by atoms with E-state index < -0.39 is 0 Å². The Morgan fingerprint density at radius 1 is 1.23 bits per heavy atom. The maximum Gasteiger partial charge on any atom is 0.242 e. The van der Waals surface area contributed by atoms with Crippen molar-refractivity contribution in [3.8, 4) is 0 Å². The molecule has 1 aliphatic heterocycles. The average Bonchev–Trinajstić information content (AvgIpc) is 2.50.